The van der Waals surface area contributed by atoms with E-state index >= 15 is 0 Å². The molecule has 0 bridgehead atoms. The number of methoxy groups -OCH3 is 2. The van der Waals surface area contributed by atoms with Crippen LogP contribution in [0.3, 0.4) is 0 Å². The van der Waals surface area contributed by atoms with Crippen LogP contribution >= 0.6 is 0 Å². The third-order valence-electron chi connectivity index (χ3n) is 9.08. The molecule has 1 saturated heterocycles. The molecule has 2 unspecified atom stereocenters. The number of phenolic OH excluding ortho intramolecular Hbond substituents is 2. The maximum absolute atomic E-state index is 11.2. The minimum Gasteiger partial charge on any atom is -0.872 e. The van der Waals surface area contributed by atoms with Crippen molar-refractivity contribution >= 4 is 12.4 Å². The third-order valence-corrected chi connectivity index (χ3v) is 10.5. The van der Waals surface area contributed by atoms with Crippen molar-refractivity contribution in [2.45, 2.75) is 90.1 Å². The van der Waals surface area contributed by atoms with E-state index < -0.39 is 0 Å². The van der Waals surface area contributed by atoms with Crippen molar-refractivity contribution in [2.75, 3.05) is 14.2 Å². The molecule has 2 N–H and O–H groups in total. The van der Waals surface area contributed by atoms with Gasteiger partial charge in [-0.25, -0.2) is 0 Å². The summed E-state index contributed by atoms with van der Waals surface area (Å²) in [5, 5.41) is 33.3. The largest absolute Gasteiger partial charge is 0.872 e. The zero-order chi connectivity index (χ0) is 36.9. The van der Waals surface area contributed by atoms with Crippen LogP contribution in [0.25, 0.3) is 0 Å². The number of ether oxygens (including phenoxy) is 3. The standard InChI is InChI=1S/C30H42N2O4.C12H10O2.Co/c1-29(2,3)23-15-21(35-7)13-19(27(23)33)17-31-25-11-9-10-12-26(25)32-18-20-14-22(36-8)16-24(28(20)34)30(4,5)6;13-10-6-8-12(9-7-10)14-11-4-2-1-3-5-11;/h13-18,25-26,33-34H,9-12H2,1-8H3;1-9,13H;/q;;+2/p-1. The minimum absolute atomic E-state index is 0.00888. The Morgan fingerprint density at radius 2 is 1.08 bits per heavy atom. The van der Waals surface area contributed by atoms with Gasteiger partial charge in [0.1, 0.15) is 11.5 Å². The summed E-state index contributed by atoms with van der Waals surface area (Å²) in [5.41, 5.74) is 2.83. The van der Waals surface area contributed by atoms with Crippen molar-refractivity contribution in [3.05, 3.63) is 101 Å². The van der Waals surface area contributed by atoms with E-state index in [2.05, 4.69) is 61.2 Å². The number of rotatable bonds is 6. The van der Waals surface area contributed by atoms with E-state index in [1.165, 1.54) is 25.0 Å². The fourth-order valence-corrected chi connectivity index (χ4v) is 7.90. The SMILES string of the molecule is COc1cc(C=[N+]2[Co][N+](=Cc3cc(OC)cc(C(C)(C)C)c3O)C3CCCCC32)c(O)c(C(C)(C)C)c1.[O-]c1ccc(Oc2ccccc2)cc1. The van der Waals surface area contributed by atoms with E-state index in [0.717, 1.165) is 67.5 Å². The van der Waals surface area contributed by atoms with Gasteiger partial charge in [0.15, 0.2) is 0 Å². The van der Waals surface area contributed by atoms with Crippen molar-refractivity contribution in [3.8, 4) is 40.2 Å². The van der Waals surface area contributed by atoms with Crippen LogP contribution < -0.4 is 19.3 Å². The van der Waals surface area contributed by atoms with Gasteiger partial charge in [-0.2, -0.15) is 0 Å². The van der Waals surface area contributed by atoms with E-state index in [-0.39, 0.29) is 16.6 Å². The molecule has 0 aromatic heterocycles. The average molecular weight is 739 g/mol. The zero-order valence-electron chi connectivity index (χ0n) is 30.9. The molecule has 8 nitrogen and oxygen atoms in total. The smallest absolute Gasteiger partial charge is 0.127 e. The summed E-state index contributed by atoms with van der Waals surface area (Å²) in [6.07, 6.45) is 8.71. The molecule has 9 heteroatoms. The fourth-order valence-electron chi connectivity index (χ4n) is 6.28. The van der Waals surface area contributed by atoms with Crippen LogP contribution in [-0.4, -0.2) is 56.2 Å². The number of fused-ring (bicyclic) bond motifs is 1. The molecule has 1 aliphatic heterocycles. The summed E-state index contributed by atoms with van der Waals surface area (Å²) in [4.78, 5) is 0. The second-order valence-corrected chi connectivity index (χ2v) is 16.3. The number of phenols is 2. The van der Waals surface area contributed by atoms with Crippen molar-refractivity contribution in [1.82, 2.24) is 0 Å². The molecule has 1 aliphatic carbocycles. The Morgan fingerprint density at radius 1 is 0.647 bits per heavy atom. The van der Waals surface area contributed by atoms with Crippen LogP contribution in [0.1, 0.15) is 89.5 Å². The van der Waals surface area contributed by atoms with E-state index in [1.807, 2.05) is 54.6 Å². The summed E-state index contributed by atoms with van der Waals surface area (Å²) in [6.45, 7) is 12.6. The van der Waals surface area contributed by atoms with Crippen LogP contribution in [0.2, 0.25) is 0 Å². The van der Waals surface area contributed by atoms with Crippen molar-refractivity contribution < 1.29 is 51.9 Å². The van der Waals surface area contributed by atoms with E-state index in [9.17, 15) is 15.3 Å². The van der Waals surface area contributed by atoms with Crippen molar-refractivity contribution in [2.24, 2.45) is 0 Å². The average Bonchev–Trinajstić information content (AvgIpc) is 3.43. The van der Waals surface area contributed by atoms with Crippen molar-refractivity contribution in [1.29, 1.82) is 0 Å². The molecule has 2 atom stereocenters. The molecule has 1 saturated carbocycles. The monoisotopic (exact) mass is 738 g/mol. The molecule has 4 aromatic rings. The summed E-state index contributed by atoms with van der Waals surface area (Å²) in [7, 11) is 3.33. The first-order valence-electron chi connectivity index (χ1n) is 17.4. The van der Waals surface area contributed by atoms with Crippen molar-refractivity contribution in [3.63, 3.8) is 0 Å². The Kier molecular flexibility index (Phi) is 11.7. The minimum atomic E-state index is -0.217. The predicted octanol–water partition coefficient (Wildman–Crippen LogP) is 8.06. The van der Waals surface area contributed by atoms with Gasteiger partial charge in [-0.15, -0.1) is 5.75 Å². The number of hydrogen-bond donors (Lipinski definition) is 2. The van der Waals surface area contributed by atoms with E-state index in [4.69, 9.17) is 14.2 Å². The zero-order valence-corrected chi connectivity index (χ0v) is 31.9. The summed E-state index contributed by atoms with van der Waals surface area (Å²) in [6, 6.07) is 24.1. The number of nitrogens with zero attached hydrogens (tertiary/aromatic N) is 2. The van der Waals surface area contributed by atoms with E-state index in [0.29, 0.717) is 29.3 Å². The van der Waals surface area contributed by atoms with Crippen LogP contribution in [0.5, 0.6) is 40.2 Å². The second kappa shape index (κ2) is 15.8. The van der Waals surface area contributed by atoms with Gasteiger partial charge in [0.05, 0.1) is 0 Å². The molecule has 51 heavy (non-hydrogen) atoms. The predicted molar refractivity (Wildman–Crippen MR) is 196 cm³/mol. The Balaban J connectivity index is 0.000000299. The molecule has 1 heterocycles. The number of para-hydroxylation sites is 1. The van der Waals surface area contributed by atoms with Crippen LogP contribution in [0.15, 0.2) is 78.9 Å². The first-order valence-corrected chi connectivity index (χ1v) is 18.3. The Hall–Kier alpha value is -4.47. The topological polar surface area (TPSA) is 97.2 Å². The first-order chi connectivity index (χ1) is 24.2. The molecule has 4 aromatic carbocycles. The molecule has 2 fully saturated rings. The van der Waals surface area contributed by atoms with Crippen LogP contribution in [-0.2, 0) is 26.0 Å². The third kappa shape index (κ3) is 9.26. The molecule has 0 amide bonds. The van der Waals surface area contributed by atoms with Gasteiger partial charge in [-0.05, 0) is 24.3 Å². The maximum Gasteiger partial charge on any atom is 0.127 e. The van der Waals surface area contributed by atoms with Gasteiger partial charge >= 0.3 is 228 Å². The summed E-state index contributed by atoms with van der Waals surface area (Å²) < 4.78 is 21.3. The van der Waals surface area contributed by atoms with E-state index in [1.54, 1.807) is 26.4 Å². The number of benzene rings is 4. The molecule has 273 valence electrons. The maximum atomic E-state index is 11.2. The molecular weight excluding hydrogens is 687 g/mol. The first kappa shape index (κ1) is 37.8. The Labute approximate surface area is 309 Å². The summed E-state index contributed by atoms with van der Waals surface area (Å²) >= 11 is 1.03. The van der Waals surface area contributed by atoms with Gasteiger partial charge in [0, 0.05) is 0 Å². The summed E-state index contributed by atoms with van der Waals surface area (Å²) in [5.74, 6) is 3.52. The second-order valence-electron chi connectivity index (χ2n) is 15.0. The van der Waals surface area contributed by atoms with Gasteiger partial charge < -0.3 is 9.84 Å². The molecular formula is C42H51CoN2O6+. The van der Waals surface area contributed by atoms with Gasteiger partial charge in [0.25, 0.3) is 0 Å². The van der Waals surface area contributed by atoms with Crippen LogP contribution in [0.4, 0.5) is 0 Å². The fraction of sp³-hybridized carbons (Fsp3) is 0.381. The molecule has 0 radical (unpaired) electrons. The molecule has 2 aliphatic rings. The Bertz CT molecular complexity index is 1780. The van der Waals surface area contributed by atoms with Gasteiger partial charge in [-0.1, -0.05) is 30.3 Å². The Morgan fingerprint density at radius 3 is 1.49 bits per heavy atom. The van der Waals surface area contributed by atoms with Gasteiger partial charge in [-0.3, -0.25) is 0 Å². The quantitative estimate of drug-likeness (QED) is 0.208. The molecule has 6 rings (SSSR count). The normalized spacial score (nSPS) is 19.1. The molecule has 0 spiro atoms. The van der Waals surface area contributed by atoms with Gasteiger partial charge in [0.2, 0.25) is 0 Å². The van der Waals surface area contributed by atoms with Crippen LogP contribution in [0, 0.1) is 0 Å². The number of hydrogen-bond acceptors (Lipinski definition) is 6. The number of aromatic hydroxyl groups is 2.